The number of carbonyl (C=O) groups excluding carboxylic acids is 1. The summed E-state index contributed by atoms with van der Waals surface area (Å²) in [6.45, 7) is 1.93. The largest absolute Gasteiger partial charge is 0.496 e. The Kier molecular flexibility index (Phi) is 3.97. The van der Waals surface area contributed by atoms with E-state index in [1.54, 1.807) is 13.2 Å². The van der Waals surface area contributed by atoms with E-state index in [-0.39, 0.29) is 5.78 Å². The maximum atomic E-state index is 12.5. The number of nitrogens with two attached hydrogens (primary N) is 1. The van der Waals surface area contributed by atoms with Gasteiger partial charge in [-0.25, -0.2) is 0 Å². The number of hydrogen-bond acceptors (Lipinski definition) is 3. The van der Waals surface area contributed by atoms with Gasteiger partial charge in [-0.05, 0) is 24.6 Å². The van der Waals surface area contributed by atoms with E-state index in [0.29, 0.717) is 11.3 Å². The van der Waals surface area contributed by atoms with Crippen molar-refractivity contribution in [1.82, 2.24) is 0 Å². The number of carbonyl (C=O) groups is 1. The molecule has 19 heavy (non-hydrogen) atoms. The molecule has 0 radical (unpaired) electrons. The van der Waals surface area contributed by atoms with Crippen molar-refractivity contribution >= 4 is 5.78 Å². The summed E-state index contributed by atoms with van der Waals surface area (Å²) >= 11 is 0. The molecule has 0 saturated carbocycles. The highest BCUT2D eigenvalue weighted by atomic mass is 16.5. The molecular formula is C16H17NO2. The van der Waals surface area contributed by atoms with E-state index in [1.165, 1.54) is 0 Å². The molecule has 0 spiro atoms. The van der Waals surface area contributed by atoms with Crippen molar-refractivity contribution in [2.45, 2.75) is 13.0 Å². The fourth-order valence-electron chi connectivity index (χ4n) is 1.99. The predicted octanol–water partition coefficient (Wildman–Crippen LogP) is 2.89. The minimum Gasteiger partial charge on any atom is -0.496 e. The first kappa shape index (κ1) is 13.3. The highest BCUT2D eigenvalue weighted by Gasteiger charge is 2.21. The van der Waals surface area contributed by atoms with Gasteiger partial charge in [0, 0.05) is 0 Å². The van der Waals surface area contributed by atoms with E-state index in [4.69, 9.17) is 10.5 Å². The van der Waals surface area contributed by atoms with E-state index in [1.807, 2.05) is 49.4 Å². The molecule has 0 bridgehead atoms. The average molecular weight is 255 g/mol. The number of benzene rings is 2. The molecule has 0 aliphatic heterocycles. The van der Waals surface area contributed by atoms with E-state index in [2.05, 4.69) is 0 Å². The molecule has 2 aromatic rings. The summed E-state index contributed by atoms with van der Waals surface area (Å²) in [6, 6.07) is 14.2. The third kappa shape index (κ3) is 2.83. The number of ether oxygens (including phenoxy) is 1. The molecular weight excluding hydrogens is 238 g/mol. The Labute approximate surface area is 113 Å². The normalized spacial score (nSPS) is 11.9. The summed E-state index contributed by atoms with van der Waals surface area (Å²) in [4.78, 5) is 12.5. The maximum absolute atomic E-state index is 12.5. The van der Waals surface area contributed by atoms with Gasteiger partial charge in [0.05, 0.1) is 18.7 Å². The second-order valence-corrected chi connectivity index (χ2v) is 4.46. The maximum Gasteiger partial charge on any atom is 0.187 e. The minimum atomic E-state index is -0.670. The van der Waals surface area contributed by atoms with E-state index in [9.17, 15) is 4.79 Å². The molecule has 3 nitrogen and oxygen atoms in total. The zero-order chi connectivity index (χ0) is 13.8. The van der Waals surface area contributed by atoms with Crippen molar-refractivity contribution < 1.29 is 9.53 Å². The smallest absolute Gasteiger partial charge is 0.187 e. The number of ketones is 1. The van der Waals surface area contributed by atoms with Crippen LogP contribution >= 0.6 is 0 Å². The molecule has 0 aromatic heterocycles. The molecule has 2 N–H and O–H groups in total. The third-order valence-corrected chi connectivity index (χ3v) is 3.06. The van der Waals surface area contributed by atoms with Gasteiger partial charge >= 0.3 is 0 Å². The number of aryl methyl sites for hydroxylation is 1. The summed E-state index contributed by atoms with van der Waals surface area (Å²) in [5, 5.41) is 0. The van der Waals surface area contributed by atoms with Crippen LogP contribution in [0.5, 0.6) is 5.75 Å². The van der Waals surface area contributed by atoms with Crippen LogP contribution < -0.4 is 10.5 Å². The lowest BCUT2D eigenvalue weighted by molar-refractivity contribution is 0.0958. The number of Topliss-reactive ketones (excluding diaryl/α,β-unsaturated/α-hetero) is 1. The van der Waals surface area contributed by atoms with Crippen LogP contribution in [0.4, 0.5) is 0 Å². The van der Waals surface area contributed by atoms with Crippen molar-refractivity contribution in [2.75, 3.05) is 7.11 Å². The van der Waals surface area contributed by atoms with Gasteiger partial charge in [0.15, 0.2) is 5.78 Å². The standard InChI is InChI=1S/C16H17NO2/c1-11-8-9-14(19-2)13(10-11)16(18)15(17)12-6-4-3-5-7-12/h3-10,15H,17H2,1-2H3/t15-/m1/s1. The molecule has 0 unspecified atom stereocenters. The second kappa shape index (κ2) is 5.67. The van der Waals surface area contributed by atoms with Crippen LogP contribution in [0.25, 0.3) is 0 Å². The topological polar surface area (TPSA) is 52.3 Å². The highest BCUT2D eigenvalue weighted by Crippen LogP contribution is 2.25. The highest BCUT2D eigenvalue weighted by molar-refractivity contribution is 6.02. The Morgan fingerprint density at radius 1 is 1.16 bits per heavy atom. The Morgan fingerprint density at radius 2 is 1.84 bits per heavy atom. The summed E-state index contributed by atoms with van der Waals surface area (Å²) in [6.07, 6.45) is 0. The molecule has 0 aliphatic rings. The molecule has 3 heteroatoms. The van der Waals surface area contributed by atoms with Crippen LogP contribution in [0.1, 0.15) is 27.5 Å². The first-order valence-corrected chi connectivity index (χ1v) is 6.13. The van der Waals surface area contributed by atoms with E-state index in [0.717, 1.165) is 11.1 Å². The second-order valence-electron chi connectivity index (χ2n) is 4.46. The van der Waals surface area contributed by atoms with Gasteiger partial charge < -0.3 is 10.5 Å². The van der Waals surface area contributed by atoms with Crippen LogP contribution in [0.3, 0.4) is 0 Å². The van der Waals surface area contributed by atoms with Crippen molar-refractivity contribution in [3.63, 3.8) is 0 Å². The first-order valence-electron chi connectivity index (χ1n) is 6.13. The lowest BCUT2D eigenvalue weighted by Gasteiger charge is -2.14. The van der Waals surface area contributed by atoms with Gasteiger partial charge in [-0.1, -0.05) is 42.0 Å². The van der Waals surface area contributed by atoms with Crippen molar-refractivity contribution in [1.29, 1.82) is 0 Å². The zero-order valence-corrected chi connectivity index (χ0v) is 11.1. The lowest BCUT2D eigenvalue weighted by Crippen LogP contribution is -2.22. The Bertz CT molecular complexity index is 579. The SMILES string of the molecule is COc1ccc(C)cc1C(=O)[C@H](N)c1ccccc1. The van der Waals surface area contributed by atoms with Gasteiger partial charge in [-0.15, -0.1) is 0 Å². The first-order chi connectivity index (χ1) is 9.13. The van der Waals surface area contributed by atoms with Crippen LogP contribution in [0.2, 0.25) is 0 Å². The van der Waals surface area contributed by atoms with Crippen LogP contribution in [0.15, 0.2) is 48.5 Å². The Hall–Kier alpha value is -2.13. The molecule has 0 heterocycles. The number of rotatable bonds is 4. The minimum absolute atomic E-state index is 0.133. The van der Waals surface area contributed by atoms with Crippen molar-refractivity contribution in [3.05, 3.63) is 65.2 Å². The summed E-state index contributed by atoms with van der Waals surface area (Å²) in [7, 11) is 1.55. The fraction of sp³-hybridized carbons (Fsp3) is 0.188. The van der Waals surface area contributed by atoms with E-state index >= 15 is 0 Å². The molecule has 2 aromatic carbocycles. The Morgan fingerprint density at radius 3 is 2.47 bits per heavy atom. The van der Waals surface area contributed by atoms with Crippen LogP contribution in [-0.4, -0.2) is 12.9 Å². The predicted molar refractivity (Wildman–Crippen MR) is 75.4 cm³/mol. The summed E-state index contributed by atoms with van der Waals surface area (Å²) < 4.78 is 5.23. The zero-order valence-electron chi connectivity index (χ0n) is 11.1. The molecule has 0 amide bonds. The average Bonchev–Trinajstić information content (AvgIpc) is 2.46. The van der Waals surface area contributed by atoms with Crippen LogP contribution in [-0.2, 0) is 0 Å². The van der Waals surface area contributed by atoms with Crippen molar-refractivity contribution in [2.24, 2.45) is 5.73 Å². The number of hydrogen-bond donors (Lipinski definition) is 1. The monoisotopic (exact) mass is 255 g/mol. The van der Waals surface area contributed by atoms with Gasteiger partial charge in [-0.2, -0.15) is 0 Å². The van der Waals surface area contributed by atoms with Crippen LogP contribution in [0, 0.1) is 6.92 Å². The lowest BCUT2D eigenvalue weighted by atomic mass is 9.96. The van der Waals surface area contributed by atoms with Gasteiger partial charge in [0.2, 0.25) is 0 Å². The quantitative estimate of drug-likeness (QED) is 0.855. The summed E-state index contributed by atoms with van der Waals surface area (Å²) in [5.41, 5.74) is 8.37. The molecule has 0 saturated heterocycles. The van der Waals surface area contributed by atoms with Gasteiger partial charge in [-0.3, -0.25) is 4.79 Å². The Balaban J connectivity index is 2.37. The molecule has 0 fully saturated rings. The van der Waals surface area contributed by atoms with Gasteiger partial charge in [0.25, 0.3) is 0 Å². The number of methoxy groups -OCH3 is 1. The molecule has 0 aliphatic carbocycles. The fourth-order valence-corrected chi connectivity index (χ4v) is 1.99. The van der Waals surface area contributed by atoms with Crippen molar-refractivity contribution in [3.8, 4) is 5.75 Å². The molecule has 1 atom stereocenters. The van der Waals surface area contributed by atoms with E-state index < -0.39 is 6.04 Å². The third-order valence-electron chi connectivity index (χ3n) is 3.06. The summed E-state index contributed by atoms with van der Waals surface area (Å²) in [5.74, 6) is 0.425. The van der Waals surface area contributed by atoms with Gasteiger partial charge in [0.1, 0.15) is 5.75 Å². The molecule has 98 valence electrons. The molecule has 2 rings (SSSR count).